The van der Waals surface area contributed by atoms with E-state index >= 15 is 0 Å². The molecule has 3 fully saturated rings. The molecule has 0 bridgehead atoms. The highest BCUT2D eigenvalue weighted by Crippen LogP contribution is 2.23. The number of urea groups is 1. The summed E-state index contributed by atoms with van der Waals surface area (Å²) in [6.07, 6.45) is 7.21. The van der Waals surface area contributed by atoms with E-state index in [-0.39, 0.29) is 17.9 Å². The van der Waals surface area contributed by atoms with E-state index in [1.54, 1.807) is 18.5 Å². The van der Waals surface area contributed by atoms with Gasteiger partial charge in [0.15, 0.2) is 0 Å². The van der Waals surface area contributed by atoms with Crippen molar-refractivity contribution in [1.82, 2.24) is 25.1 Å². The Morgan fingerprint density at radius 2 is 1.54 bits per heavy atom. The van der Waals surface area contributed by atoms with E-state index < -0.39 is 0 Å². The molecule has 1 N–H and O–H groups in total. The zero-order valence-corrected chi connectivity index (χ0v) is 15.0. The van der Waals surface area contributed by atoms with Crippen molar-refractivity contribution < 1.29 is 9.59 Å². The van der Waals surface area contributed by atoms with E-state index in [1.807, 2.05) is 9.80 Å². The van der Waals surface area contributed by atoms with E-state index in [4.69, 9.17) is 0 Å². The van der Waals surface area contributed by atoms with Gasteiger partial charge in [-0.15, -0.1) is 0 Å². The number of amides is 3. The minimum Gasteiger partial charge on any atom is -0.339 e. The van der Waals surface area contributed by atoms with Gasteiger partial charge in [-0.1, -0.05) is 0 Å². The van der Waals surface area contributed by atoms with Crippen LogP contribution in [-0.2, 0) is 4.79 Å². The largest absolute Gasteiger partial charge is 0.339 e. The van der Waals surface area contributed by atoms with Crippen LogP contribution in [0.2, 0.25) is 0 Å². The number of piperidine rings is 1. The summed E-state index contributed by atoms with van der Waals surface area (Å²) in [6, 6.07) is 2.22. The molecule has 1 aliphatic carbocycles. The molecular weight excluding hydrogens is 332 g/mol. The number of anilines is 1. The van der Waals surface area contributed by atoms with Gasteiger partial charge < -0.3 is 20.0 Å². The van der Waals surface area contributed by atoms with E-state index in [0.29, 0.717) is 32.2 Å². The maximum absolute atomic E-state index is 12.8. The monoisotopic (exact) mass is 358 g/mol. The predicted octanol–water partition coefficient (Wildman–Crippen LogP) is 0.709. The molecule has 3 aliphatic rings. The first-order valence-electron chi connectivity index (χ1n) is 9.57. The smallest absolute Gasteiger partial charge is 0.317 e. The number of nitrogens with zero attached hydrogens (tertiary/aromatic N) is 5. The summed E-state index contributed by atoms with van der Waals surface area (Å²) in [5, 5.41) is 3.03. The Hall–Kier alpha value is -2.38. The van der Waals surface area contributed by atoms with Crippen molar-refractivity contribution in [3.63, 3.8) is 0 Å². The van der Waals surface area contributed by atoms with Crippen molar-refractivity contribution in [3.8, 4) is 0 Å². The molecule has 0 spiro atoms. The Kier molecular flexibility index (Phi) is 4.90. The van der Waals surface area contributed by atoms with Crippen LogP contribution < -0.4 is 10.2 Å². The molecule has 2 saturated heterocycles. The zero-order chi connectivity index (χ0) is 17.9. The number of hydrogen-bond acceptors (Lipinski definition) is 5. The van der Waals surface area contributed by atoms with Gasteiger partial charge in [0.1, 0.15) is 0 Å². The van der Waals surface area contributed by atoms with E-state index in [1.165, 1.54) is 0 Å². The summed E-state index contributed by atoms with van der Waals surface area (Å²) in [4.78, 5) is 39.4. The number of aromatic nitrogens is 2. The number of carbonyl (C=O) groups excluding carboxylic acids is 2. The normalized spacial score (nSPS) is 21.6. The van der Waals surface area contributed by atoms with Crippen LogP contribution in [0, 0.1) is 5.92 Å². The maximum atomic E-state index is 12.8. The number of carbonyl (C=O) groups is 2. The van der Waals surface area contributed by atoms with Gasteiger partial charge in [-0.05, 0) is 31.7 Å². The third-order valence-corrected chi connectivity index (χ3v) is 5.46. The molecule has 1 saturated carbocycles. The standard InChI is InChI=1S/C18H26N6O2/c25-16(14-4-8-24(9-5-14)18(26)21-15-2-3-15)22-10-12-23(13-11-22)17-19-6-1-7-20-17/h1,6-7,14-15H,2-5,8-13H2,(H,21,26). The van der Waals surface area contributed by atoms with Gasteiger partial charge in [-0.2, -0.15) is 0 Å². The summed E-state index contributed by atoms with van der Waals surface area (Å²) >= 11 is 0. The molecule has 0 radical (unpaired) electrons. The topological polar surface area (TPSA) is 81.7 Å². The summed E-state index contributed by atoms with van der Waals surface area (Å²) < 4.78 is 0. The van der Waals surface area contributed by atoms with Gasteiger partial charge in [-0.25, -0.2) is 14.8 Å². The molecule has 1 aromatic rings. The Bertz CT molecular complexity index is 634. The quantitative estimate of drug-likeness (QED) is 0.861. The van der Waals surface area contributed by atoms with Gasteiger partial charge in [0, 0.05) is 63.6 Å². The fourth-order valence-corrected chi connectivity index (χ4v) is 3.66. The Morgan fingerprint density at radius 1 is 0.885 bits per heavy atom. The average Bonchev–Trinajstić information content (AvgIpc) is 3.52. The molecular formula is C18H26N6O2. The first kappa shape index (κ1) is 17.1. The van der Waals surface area contributed by atoms with Crippen LogP contribution in [0.4, 0.5) is 10.7 Å². The summed E-state index contributed by atoms with van der Waals surface area (Å²) in [5.74, 6) is 1.01. The predicted molar refractivity (Wildman–Crippen MR) is 96.7 cm³/mol. The van der Waals surface area contributed by atoms with E-state index in [0.717, 1.165) is 44.7 Å². The first-order chi connectivity index (χ1) is 12.7. The molecule has 140 valence electrons. The minimum atomic E-state index is 0.0369. The Morgan fingerprint density at radius 3 is 2.15 bits per heavy atom. The van der Waals surface area contributed by atoms with Crippen molar-refractivity contribution in [2.24, 2.45) is 5.92 Å². The lowest BCUT2D eigenvalue weighted by atomic mass is 9.95. The van der Waals surface area contributed by atoms with Crippen LogP contribution in [-0.4, -0.2) is 77.0 Å². The van der Waals surface area contributed by atoms with E-state index in [2.05, 4.69) is 20.2 Å². The minimum absolute atomic E-state index is 0.0369. The van der Waals surface area contributed by atoms with Crippen LogP contribution in [0.15, 0.2) is 18.5 Å². The highest BCUT2D eigenvalue weighted by Gasteiger charge is 2.33. The molecule has 0 aromatic carbocycles. The van der Waals surface area contributed by atoms with Crippen LogP contribution >= 0.6 is 0 Å². The maximum Gasteiger partial charge on any atom is 0.317 e. The summed E-state index contributed by atoms with van der Waals surface area (Å²) in [5.41, 5.74) is 0. The number of hydrogen-bond donors (Lipinski definition) is 1. The molecule has 1 aromatic heterocycles. The lowest BCUT2D eigenvalue weighted by Gasteiger charge is -2.38. The molecule has 3 heterocycles. The molecule has 2 aliphatic heterocycles. The lowest BCUT2D eigenvalue weighted by molar-refractivity contribution is -0.137. The molecule has 8 nitrogen and oxygen atoms in total. The second kappa shape index (κ2) is 7.47. The SMILES string of the molecule is O=C(NC1CC1)N1CCC(C(=O)N2CCN(c3ncccn3)CC2)CC1. The van der Waals surface area contributed by atoms with Crippen molar-refractivity contribution in [2.45, 2.75) is 31.7 Å². The molecule has 0 atom stereocenters. The fourth-order valence-electron chi connectivity index (χ4n) is 3.66. The first-order valence-corrected chi connectivity index (χ1v) is 9.57. The Balaban J connectivity index is 1.23. The van der Waals surface area contributed by atoms with Crippen molar-refractivity contribution in [3.05, 3.63) is 18.5 Å². The number of likely N-dealkylation sites (tertiary alicyclic amines) is 1. The summed E-state index contributed by atoms with van der Waals surface area (Å²) in [7, 11) is 0. The molecule has 0 unspecified atom stereocenters. The van der Waals surface area contributed by atoms with Crippen LogP contribution in [0.1, 0.15) is 25.7 Å². The van der Waals surface area contributed by atoms with Gasteiger partial charge in [0.05, 0.1) is 0 Å². The number of piperazine rings is 1. The molecule has 3 amide bonds. The Labute approximate surface area is 153 Å². The summed E-state index contributed by atoms with van der Waals surface area (Å²) in [6.45, 7) is 4.29. The van der Waals surface area contributed by atoms with Crippen molar-refractivity contribution in [2.75, 3.05) is 44.2 Å². The van der Waals surface area contributed by atoms with Crippen LogP contribution in [0.5, 0.6) is 0 Å². The van der Waals surface area contributed by atoms with Gasteiger partial charge in [0.25, 0.3) is 0 Å². The second-order valence-corrected chi connectivity index (χ2v) is 7.35. The number of nitrogens with one attached hydrogen (secondary N) is 1. The lowest BCUT2D eigenvalue weighted by Crippen LogP contribution is -2.53. The van der Waals surface area contributed by atoms with E-state index in [9.17, 15) is 9.59 Å². The molecule has 4 rings (SSSR count). The van der Waals surface area contributed by atoms with Gasteiger partial charge in [0.2, 0.25) is 11.9 Å². The molecule has 26 heavy (non-hydrogen) atoms. The highest BCUT2D eigenvalue weighted by atomic mass is 16.2. The van der Waals surface area contributed by atoms with Crippen molar-refractivity contribution in [1.29, 1.82) is 0 Å². The third kappa shape index (κ3) is 3.89. The van der Waals surface area contributed by atoms with Crippen LogP contribution in [0.25, 0.3) is 0 Å². The number of rotatable bonds is 3. The van der Waals surface area contributed by atoms with Gasteiger partial charge >= 0.3 is 6.03 Å². The third-order valence-electron chi connectivity index (χ3n) is 5.46. The molecule has 8 heteroatoms. The van der Waals surface area contributed by atoms with Gasteiger partial charge in [-0.3, -0.25) is 4.79 Å². The van der Waals surface area contributed by atoms with Crippen molar-refractivity contribution >= 4 is 17.9 Å². The highest BCUT2D eigenvalue weighted by molar-refractivity contribution is 5.80. The van der Waals surface area contributed by atoms with Crippen LogP contribution in [0.3, 0.4) is 0 Å². The zero-order valence-electron chi connectivity index (χ0n) is 15.0. The second-order valence-electron chi connectivity index (χ2n) is 7.35. The average molecular weight is 358 g/mol. The fraction of sp³-hybridized carbons (Fsp3) is 0.667.